The van der Waals surface area contributed by atoms with Gasteiger partial charge < -0.3 is 14.6 Å². The predicted molar refractivity (Wildman–Crippen MR) is 63.6 cm³/mol. The van der Waals surface area contributed by atoms with Crippen molar-refractivity contribution >= 4 is 0 Å². The minimum Gasteiger partial charge on any atom is -0.377 e. The normalized spacial score (nSPS) is 21.9. The van der Waals surface area contributed by atoms with Crippen LogP contribution >= 0.6 is 0 Å². The number of hydrogen-bond donors (Lipinski definition) is 1. The summed E-state index contributed by atoms with van der Waals surface area (Å²) in [6.45, 7) is 5.75. The van der Waals surface area contributed by atoms with Crippen LogP contribution in [0.1, 0.15) is 44.8 Å². The summed E-state index contributed by atoms with van der Waals surface area (Å²) in [7, 11) is 0. The molecule has 2 heterocycles. The highest BCUT2D eigenvalue weighted by molar-refractivity contribution is 4.87. The molecule has 0 radical (unpaired) electrons. The molecule has 1 aliphatic rings. The zero-order valence-electron chi connectivity index (χ0n) is 10.6. The van der Waals surface area contributed by atoms with Crippen molar-refractivity contribution < 1.29 is 9.26 Å². The quantitative estimate of drug-likeness (QED) is 0.818. The lowest BCUT2D eigenvalue weighted by Crippen LogP contribution is -2.36. The molecule has 17 heavy (non-hydrogen) atoms. The van der Waals surface area contributed by atoms with Crippen LogP contribution < -0.4 is 5.32 Å². The van der Waals surface area contributed by atoms with Crippen LogP contribution in [0.25, 0.3) is 0 Å². The highest BCUT2D eigenvalue weighted by Crippen LogP contribution is 2.15. The smallest absolute Gasteiger partial charge is 0.240 e. The summed E-state index contributed by atoms with van der Waals surface area (Å²) >= 11 is 0. The van der Waals surface area contributed by atoms with Gasteiger partial charge in [-0.2, -0.15) is 4.98 Å². The second kappa shape index (κ2) is 6.12. The van der Waals surface area contributed by atoms with Crippen molar-refractivity contribution in [2.45, 2.75) is 58.2 Å². The van der Waals surface area contributed by atoms with Gasteiger partial charge in [0.1, 0.15) is 0 Å². The van der Waals surface area contributed by atoms with Gasteiger partial charge in [0.05, 0.1) is 12.6 Å². The largest absolute Gasteiger partial charge is 0.377 e. The van der Waals surface area contributed by atoms with Crippen LogP contribution in [0.3, 0.4) is 0 Å². The van der Waals surface area contributed by atoms with Crippen LogP contribution in [0.5, 0.6) is 0 Å². The molecule has 5 nitrogen and oxygen atoms in total. The molecule has 1 fully saturated rings. The molecule has 96 valence electrons. The molecule has 0 bridgehead atoms. The van der Waals surface area contributed by atoms with E-state index in [9.17, 15) is 0 Å². The Hall–Kier alpha value is -0.940. The van der Waals surface area contributed by atoms with E-state index < -0.39 is 0 Å². The summed E-state index contributed by atoms with van der Waals surface area (Å²) in [6, 6.07) is 0.332. The van der Waals surface area contributed by atoms with Gasteiger partial charge in [-0.05, 0) is 26.2 Å². The molecule has 2 atom stereocenters. The first kappa shape index (κ1) is 12.5. The van der Waals surface area contributed by atoms with Gasteiger partial charge in [0.15, 0.2) is 5.82 Å². The van der Waals surface area contributed by atoms with Crippen molar-refractivity contribution in [3.05, 3.63) is 11.7 Å². The topological polar surface area (TPSA) is 60.2 Å². The molecule has 2 rings (SSSR count). The molecule has 0 saturated carbocycles. The SMILES string of the molecule is CCCc1noc(CN[C@@H](C)[C@@H]2CCCO2)n1. The van der Waals surface area contributed by atoms with E-state index in [4.69, 9.17) is 9.26 Å². The molecule has 1 saturated heterocycles. The van der Waals surface area contributed by atoms with E-state index in [1.807, 2.05) is 0 Å². The first-order valence-electron chi connectivity index (χ1n) is 6.46. The van der Waals surface area contributed by atoms with Crippen LogP contribution in [-0.2, 0) is 17.7 Å². The van der Waals surface area contributed by atoms with Gasteiger partial charge in [0.2, 0.25) is 5.89 Å². The molecule has 0 unspecified atom stereocenters. The standard InChI is InChI=1S/C12H21N3O2/c1-3-5-11-14-12(17-15-11)8-13-9(2)10-6-4-7-16-10/h9-10,13H,3-8H2,1-2H3/t9-,10-/m0/s1. The lowest BCUT2D eigenvalue weighted by atomic mass is 10.1. The molecule has 0 aromatic carbocycles. The average molecular weight is 239 g/mol. The van der Waals surface area contributed by atoms with Gasteiger partial charge in [-0.25, -0.2) is 0 Å². The van der Waals surface area contributed by atoms with Gasteiger partial charge in [-0.3, -0.25) is 0 Å². The van der Waals surface area contributed by atoms with E-state index in [1.165, 1.54) is 0 Å². The Morgan fingerprint density at radius 2 is 2.41 bits per heavy atom. The Morgan fingerprint density at radius 1 is 1.53 bits per heavy atom. The van der Waals surface area contributed by atoms with Gasteiger partial charge in [0.25, 0.3) is 0 Å². The highest BCUT2D eigenvalue weighted by Gasteiger charge is 2.22. The fourth-order valence-electron chi connectivity index (χ4n) is 2.06. The second-order valence-electron chi connectivity index (χ2n) is 4.58. The number of aryl methyl sites for hydroxylation is 1. The highest BCUT2D eigenvalue weighted by atomic mass is 16.5. The molecule has 0 amide bonds. The average Bonchev–Trinajstić information content (AvgIpc) is 2.97. The first-order valence-corrected chi connectivity index (χ1v) is 6.46. The van der Waals surface area contributed by atoms with Crippen molar-refractivity contribution in [2.24, 2.45) is 0 Å². The van der Waals surface area contributed by atoms with E-state index in [-0.39, 0.29) is 0 Å². The Balaban J connectivity index is 1.76. The first-order chi connectivity index (χ1) is 8.29. The molecule has 0 aliphatic carbocycles. The summed E-state index contributed by atoms with van der Waals surface area (Å²) < 4.78 is 10.8. The number of aromatic nitrogens is 2. The van der Waals surface area contributed by atoms with Gasteiger partial charge >= 0.3 is 0 Å². The minimum absolute atomic E-state index is 0.327. The Labute approximate surface area is 102 Å². The number of nitrogens with one attached hydrogen (secondary N) is 1. The monoisotopic (exact) mass is 239 g/mol. The lowest BCUT2D eigenvalue weighted by molar-refractivity contribution is 0.0822. The molecule has 1 aromatic heterocycles. The van der Waals surface area contributed by atoms with Crippen LogP contribution in [0, 0.1) is 0 Å². The molecule has 1 aliphatic heterocycles. The summed E-state index contributed by atoms with van der Waals surface area (Å²) in [4.78, 5) is 4.32. The number of rotatable bonds is 6. The third-order valence-electron chi connectivity index (χ3n) is 3.08. The Bertz CT molecular complexity index is 334. The molecule has 0 spiro atoms. The number of hydrogen-bond acceptors (Lipinski definition) is 5. The second-order valence-corrected chi connectivity index (χ2v) is 4.58. The fourth-order valence-corrected chi connectivity index (χ4v) is 2.06. The van der Waals surface area contributed by atoms with Crippen molar-refractivity contribution in [3.63, 3.8) is 0 Å². The summed E-state index contributed by atoms with van der Waals surface area (Å²) in [6.07, 6.45) is 4.55. The lowest BCUT2D eigenvalue weighted by Gasteiger charge is -2.18. The Morgan fingerprint density at radius 3 is 3.12 bits per heavy atom. The minimum atomic E-state index is 0.327. The predicted octanol–water partition coefficient (Wildman–Crippen LogP) is 1.68. The maximum Gasteiger partial charge on any atom is 0.240 e. The van der Waals surface area contributed by atoms with Gasteiger partial charge in [-0.15, -0.1) is 0 Å². The van der Waals surface area contributed by atoms with Crippen molar-refractivity contribution in [2.75, 3.05) is 6.61 Å². The van der Waals surface area contributed by atoms with E-state index in [0.29, 0.717) is 24.6 Å². The van der Waals surface area contributed by atoms with E-state index >= 15 is 0 Å². The molecule has 5 heteroatoms. The molecule has 1 aromatic rings. The molecular formula is C12H21N3O2. The summed E-state index contributed by atoms with van der Waals surface area (Å²) in [5.41, 5.74) is 0. The van der Waals surface area contributed by atoms with Gasteiger partial charge in [-0.1, -0.05) is 12.1 Å². The van der Waals surface area contributed by atoms with E-state index in [1.54, 1.807) is 0 Å². The van der Waals surface area contributed by atoms with Crippen LogP contribution in [0.15, 0.2) is 4.52 Å². The fraction of sp³-hybridized carbons (Fsp3) is 0.833. The number of ether oxygens (including phenoxy) is 1. The maximum atomic E-state index is 5.62. The van der Waals surface area contributed by atoms with Crippen molar-refractivity contribution in [3.8, 4) is 0 Å². The van der Waals surface area contributed by atoms with Crippen LogP contribution in [-0.4, -0.2) is 28.9 Å². The van der Waals surface area contributed by atoms with Crippen LogP contribution in [0.2, 0.25) is 0 Å². The third-order valence-corrected chi connectivity index (χ3v) is 3.08. The van der Waals surface area contributed by atoms with Gasteiger partial charge in [0, 0.05) is 19.1 Å². The van der Waals surface area contributed by atoms with Crippen LogP contribution in [0.4, 0.5) is 0 Å². The summed E-state index contributed by atoms with van der Waals surface area (Å²) in [5.74, 6) is 1.47. The van der Waals surface area contributed by atoms with E-state index in [0.717, 1.165) is 38.1 Å². The van der Waals surface area contributed by atoms with Crippen molar-refractivity contribution in [1.82, 2.24) is 15.5 Å². The zero-order chi connectivity index (χ0) is 12.1. The van der Waals surface area contributed by atoms with Crippen molar-refractivity contribution in [1.29, 1.82) is 0 Å². The molecule has 1 N–H and O–H groups in total. The third kappa shape index (κ3) is 3.51. The summed E-state index contributed by atoms with van der Waals surface area (Å²) in [5, 5.41) is 7.30. The number of nitrogens with zero attached hydrogens (tertiary/aromatic N) is 2. The zero-order valence-corrected chi connectivity index (χ0v) is 10.6. The maximum absolute atomic E-state index is 5.62. The van der Waals surface area contributed by atoms with E-state index in [2.05, 4.69) is 29.3 Å². The Kier molecular flexibility index (Phi) is 4.50. The molecular weight excluding hydrogens is 218 g/mol.